The van der Waals surface area contributed by atoms with Crippen LogP contribution in [-0.2, 0) is 37.9 Å². The number of rotatable bonds is 32. The van der Waals surface area contributed by atoms with Crippen molar-refractivity contribution in [1.82, 2.24) is 0 Å². The Kier molecular flexibility index (Phi) is 28.0. The van der Waals surface area contributed by atoms with E-state index in [9.17, 15) is 10.1 Å². The van der Waals surface area contributed by atoms with E-state index < -0.39 is 4.92 Å². The van der Waals surface area contributed by atoms with Gasteiger partial charge in [-0.2, -0.15) is 0 Å². The highest BCUT2D eigenvalue weighted by atomic mass is 127. The van der Waals surface area contributed by atoms with Crippen LogP contribution in [0.5, 0.6) is 5.75 Å². The van der Waals surface area contributed by atoms with Gasteiger partial charge in [0.1, 0.15) is 12.4 Å². The molecule has 0 amide bonds. The third-order valence-corrected chi connectivity index (χ3v) is 6.08. The third-order valence-electron chi connectivity index (χ3n) is 5.32. The zero-order valence-corrected chi connectivity index (χ0v) is 26.3. The fourth-order valence-electron chi connectivity index (χ4n) is 3.18. The Hall–Kier alpha value is -1.17. The first-order valence-corrected chi connectivity index (χ1v) is 15.8. The Morgan fingerprint density at radius 1 is 0.488 bits per heavy atom. The Morgan fingerprint density at radius 3 is 1.20 bits per heavy atom. The molecule has 0 N–H and O–H groups in total. The van der Waals surface area contributed by atoms with Crippen LogP contribution in [-0.4, -0.2) is 122 Å². The number of benzene rings is 1. The summed E-state index contributed by atoms with van der Waals surface area (Å²) in [5.74, 6) is 0.562. The van der Waals surface area contributed by atoms with Crippen LogP contribution in [0.2, 0.25) is 0 Å². The maximum Gasteiger partial charge on any atom is 0.269 e. The highest BCUT2D eigenvalue weighted by Gasteiger charge is 2.04. The highest BCUT2D eigenvalue weighted by molar-refractivity contribution is 14.1. The molecule has 0 atom stereocenters. The summed E-state index contributed by atoms with van der Waals surface area (Å²) in [6.45, 7) is 8.83. The molecule has 0 aliphatic heterocycles. The molecule has 0 radical (unpaired) electrons. The molecule has 0 aromatic heterocycles. The normalized spacial score (nSPS) is 11.2. The lowest BCUT2D eigenvalue weighted by Gasteiger charge is -2.09. The standard InChI is InChI=1S/C28H48INO11/c29-9-3-1-2-4-10-33-11-12-34-13-14-35-15-16-36-17-18-37-19-20-38-21-22-39-23-24-40-25-26-41-28-7-5-27(6-8-28)30(31)32/h5-8H,1-4,9-26H2. The minimum atomic E-state index is -0.449. The molecule has 238 valence electrons. The molecule has 0 bridgehead atoms. The fourth-order valence-corrected chi connectivity index (χ4v) is 3.72. The van der Waals surface area contributed by atoms with Crippen molar-refractivity contribution >= 4 is 28.3 Å². The summed E-state index contributed by atoms with van der Waals surface area (Å²) in [6, 6.07) is 5.92. The average Bonchev–Trinajstić information content (AvgIpc) is 2.98. The maximum atomic E-state index is 10.6. The molecule has 1 rings (SSSR count). The molecule has 0 saturated heterocycles. The largest absolute Gasteiger partial charge is 0.491 e. The molecule has 0 saturated carbocycles. The summed E-state index contributed by atoms with van der Waals surface area (Å²) in [4.78, 5) is 10.2. The molecule has 1 aromatic carbocycles. The second-order valence-corrected chi connectivity index (χ2v) is 9.68. The smallest absolute Gasteiger partial charge is 0.269 e. The van der Waals surface area contributed by atoms with E-state index >= 15 is 0 Å². The number of non-ortho nitro benzene ring substituents is 1. The molecule has 0 fully saturated rings. The Morgan fingerprint density at radius 2 is 0.829 bits per heavy atom. The summed E-state index contributed by atoms with van der Waals surface area (Å²) >= 11 is 2.41. The van der Waals surface area contributed by atoms with E-state index in [1.54, 1.807) is 12.1 Å². The Bertz CT molecular complexity index is 700. The van der Waals surface area contributed by atoms with Crippen molar-refractivity contribution < 1.29 is 47.6 Å². The SMILES string of the molecule is O=[N+]([O-])c1ccc(OCCOCCOCCOCCOCCOCCOCCOCCOCCCCCCI)cc1. The molecule has 0 spiro atoms. The van der Waals surface area contributed by atoms with E-state index in [-0.39, 0.29) is 5.69 Å². The van der Waals surface area contributed by atoms with Gasteiger partial charge in [-0.25, -0.2) is 0 Å². The van der Waals surface area contributed by atoms with Crippen LogP contribution in [0.25, 0.3) is 0 Å². The summed E-state index contributed by atoms with van der Waals surface area (Å²) in [7, 11) is 0. The first kappa shape index (κ1) is 37.9. The molecule has 12 nitrogen and oxygen atoms in total. The van der Waals surface area contributed by atoms with Crippen LogP contribution in [0.15, 0.2) is 24.3 Å². The number of nitrogens with zero attached hydrogens (tertiary/aromatic N) is 1. The Labute approximate surface area is 257 Å². The van der Waals surface area contributed by atoms with Crippen LogP contribution >= 0.6 is 22.6 Å². The van der Waals surface area contributed by atoms with E-state index in [1.165, 1.54) is 35.8 Å². The molecule has 41 heavy (non-hydrogen) atoms. The van der Waals surface area contributed by atoms with Crippen molar-refractivity contribution in [3.8, 4) is 5.75 Å². The first-order chi connectivity index (χ1) is 20.2. The van der Waals surface area contributed by atoms with Crippen molar-refractivity contribution in [2.75, 3.05) is 117 Å². The van der Waals surface area contributed by atoms with E-state index in [2.05, 4.69) is 22.6 Å². The van der Waals surface area contributed by atoms with Gasteiger partial charge >= 0.3 is 0 Å². The predicted molar refractivity (Wildman–Crippen MR) is 162 cm³/mol. The van der Waals surface area contributed by atoms with E-state index in [0.29, 0.717) is 111 Å². The number of ether oxygens (including phenoxy) is 9. The van der Waals surface area contributed by atoms with Crippen molar-refractivity contribution in [3.05, 3.63) is 34.4 Å². The van der Waals surface area contributed by atoms with E-state index in [4.69, 9.17) is 42.6 Å². The summed E-state index contributed by atoms with van der Waals surface area (Å²) in [6.07, 6.45) is 4.96. The lowest BCUT2D eigenvalue weighted by molar-refractivity contribution is -0.384. The van der Waals surface area contributed by atoms with Crippen LogP contribution in [0.1, 0.15) is 25.7 Å². The lowest BCUT2D eigenvalue weighted by atomic mass is 10.2. The predicted octanol–water partition coefficient (Wildman–Crippen LogP) is 4.10. The molecule has 1 aromatic rings. The second kappa shape index (κ2) is 30.3. The van der Waals surface area contributed by atoms with Crippen molar-refractivity contribution in [2.24, 2.45) is 0 Å². The van der Waals surface area contributed by atoms with Crippen LogP contribution in [0, 0.1) is 10.1 Å². The van der Waals surface area contributed by atoms with Gasteiger partial charge < -0.3 is 42.6 Å². The molecule has 0 aliphatic carbocycles. The maximum absolute atomic E-state index is 10.6. The summed E-state index contributed by atoms with van der Waals surface area (Å²) in [5.41, 5.74) is 0.0302. The number of nitro benzene ring substituents is 1. The zero-order chi connectivity index (χ0) is 29.5. The van der Waals surface area contributed by atoms with Gasteiger partial charge in [0.15, 0.2) is 0 Å². The summed E-state index contributed by atoms with van der Waals surface area (Å²) < 4.78 is 50.4. The second-order valence-electron chi connectivity index (χ2n) is 8.60. The van der Waals surface area contributed by atoms with Gasteiger partial charge in [0.25, 0.3) is 5.69 Å². The highest BCUT2D eigenvalue weighted by Crippen LogP contribution is 2.17. The van der Waals surface area contributed by atoms with Crippen molar-refractivity contribution in [3.63, 3.8) is 0 Å². The molecular formula is C28H48INO11. The van der Waals surface area contributed by atoms with Gasteiger partial charge in [-0.05, 0) is 29.4 Å². The number of hydrogen-bond acceptors (Lipinski definition) is 11. The van der Waals surface area contributed by atoms with Crippen LogP contribution in [0.4, 0.5) is 5.69 Å². The zero-order valence-electron chi connectivity index (χ0n) is 24.2. The minimum Gasteiger partial charge on any atom is -0.491 e. The minimum absolute atomic E-state index is 0.0302. The first-order valence-electron chi connectivity index (χ1n) is 14.3. The van der Waals surface area contributed by atoms with Crippen LogP contribution < -0.4 is 4.74 Å². The van der Waals surface area contributed by atoms with Gasteiger partial charge in [0.2, 0.25) is 0 Å². The van der Waals surface area contributed by atoms with Crippen molar-refractivity contribution in [1.29, 1.82) is 0 Å². The topological polar surface area (TPSA) is 126 Å². The van der Waals surface area contributed by atoms with E-state index in [1.807, 2.05) is 0 Å². The molecule has 0 aliphatic rings. The lowest BCUT2D eigenvalue weighted by Crippen LogP contribution is -2.15. The number of hydrogen-bond donors (Lipinski definition) is 0. The van der Waals surface area contributed by atoms with Crippen LogP contribution in [0.3, 0.4) is 0 Å². The van der Waals surface area contributed by atoms with Gasteiger partial charge in [0.05, 0.1) is 104 Å². The number of unbranched alkanes of at least 4 members (excludes halogenated alkanes) is 3. The molecular weight excluding hydrogens is 653 g/mol. The van der Waals surface area contributed by atoms with Crippen molar-refractivity contribution in [2.45, 2.75) is 25.7 Å². The molecule has 0 heterocycles. The Balaban J connectivity index is 1.67. The van der Waals surface area contributed by atoms with Gasteiger partial charge in [-0.3, -0.25) is 10.1 Å². The van der Waals surface area contributed by atoms with Gasteiger partial charge in [-0.1, -0.05) is 35.4 Å². The average molecular weight is 702 g/mol. The number of nitro groups is 1. The molecule has 13 heteroatoms. The quantitative estimate of drug-likeness (QED) is 0.0355. The van der Waals surface area contributed by atoms with Gasteiger partial charge in [-0.15, -0.1) is 0 Å². The fraction of sp³-hybridized carbons (Fsp3) is 0.786. The third kappa shape index (κ3) is 26.2. The van der Waals surface area contributed by atoms with E-state index in [0.717, 1.165) is 13.0 Å². The monoisotopic (exact) mass is 701 g/mol. The summed E-state index contributed by atoms with van der Waals surface area (Å²) in [5, 5.41) is 10.6. The number of alkyl halides is 1. The number of halogens is 1. The van der Waals surface area contributed by atoms with Gasteiger partial charge in [0, 0.05) is 18.7 Å². The molecule has 0 unspecified atom stereocenters.